The Kier molecular flexibility index (Phi) is 5.63. The molecule has 2 rings (SSSR count). The SMILES string of the molecule is CC(OCC(O)COc1ccc(N)cc1)c1ccc(N)cc1. The van der Waals surface area contributed by atoms with Crippen molar-refractivity contribution in [2.75, 3.05) is 24.7 Å². The van der Waals surface area contributed by atoms with E-state index in [1.165, 1.54) is 0 Å². The predicted octanol–water partition coefficient (Wildman–Crippen LogP) is 2.37. The minimum Gasteiger partial charge on any atom is -0.491 e. The van der Waals surface area contributed by atoms with Gasteiger partial charge in [0, 0.05) is 11.4 Å². The zero-order valence-electron chi connectivity index (χ0n) is 12.6. The van der Waals surface area contributed by atoms with E-state index in [2.05, 4.69) is 0 Å². The largest absolute Gasteiger partial charge is 0.491 e. The van der Waals surface area contributed by atoms with Crippen molar-refractivity contribution in [2.24, 2.45) is 0 Å². The summed E-state index contributed by atoms with van der Waals surface area (Å²) in [6, 6.07) is 14.5. The minimum atomic E-state index is -0.700. The fourth-order valence-electron chi connectivity index (χ4n) is 1.92. The van der Waals surface area contributed by atoms with Crippen LogP contribution in [0.25, 0.3) is 0 Å². The zero-order valence-corrected chi connectivity index (χ0v) is 12.6. The lowest BCUT2D eigenvalue weighted by atomic mass is 10.1. The molecule has 0 aromatic heterocycles. The highest BCUT2D eigenvalue weighted by atomic mass is 16.5. The summed E-state index contributed by atoms with van der Waals surface area (Å²) in [6.07, 6.45) is -0.819. The molecule has 2 atom stereocenters. The minimum absolute atomic E-state index is 0.119. The van der Waals surface area contributed by atoms with E-state index in [0.717, 1.165) is 5.56 Å². The Labute approximate surface area is 130 Å². The first kappa shape index (κ1) is 16.1. The first-order valence-corrected chi connectivity index (χ1v) is 7.18. The third kappa shape index (κ3) is 4.95. The summed E-state index contributed by atoms with van der Waals surface area (Å²) >= 11 is 0. The van der Waals surface area contributed by atoms with Crippen molar-refractivity contribution < 1.29 is 14.6 Å². The van der Waals surface area contributed by atoms with Crippen LogP contribution in [0.3, 0.4) is 0 Å². The quantitative estimate of drug-likeness (QED) is 0.683. The van der Waals surface area contributed by atoms with Gasteiger partial charge in [-0.2, -0.15) is 0 Å². The van der Waals surface area contributed by atoms with Crippen molar-refractivity contribution in [2.45, 2.75) is 19.1 Å². The number of hydrogen-bond donors (Lipinski definition) is 3. The van der Waals surface area contributed by atoms with Gasteiger partial charge in [-0.05, 0) is 48.9 Å². The average molecular weight is 302 g/mol. The van der Waals surface area contributed by atoms with Gasteiger partial charge in [0.25, 0.3) is 0 Å². The summed E-state index contributed by atoms with van der Waals surface area (Å²) in [5.41, 5.74) is 13.6. The van der Waals surface area contributed by atoms with Crippen molar-refractivity contribution >= 4 is 11.4 Å². The van der Waals surface area contributed by atoms with Crippen LogP contribution in [0.2, 0.25) is 0 Å². The molecule has 0 radical (unpaired) electrons. The van der Waals surface area contributed by atoms with E-state index in [1.54, 1.807) is 24.3 Å². The van der Waals surface area contributed by atoms with Crippen LogP contribution < -0.4 is 16.2 Å². The molecule has 5 nitrogen and oxygen atoms in total. The molecule has 0 fully saturated rings. The summed E-state index contributed by atoms with van der Waals surface area (Å²) in [6.45, 7) is 2.29. The molecule has 22 heavy (non-hydrogen) atoms. The monoisotopic (exact) mass is 302 g/mol. The van der Waals surface area contributed by atoms with Crippen molar-refractivity contribution in [3.05, 3.63) is 54.1 Å². The average Bonchev–Trinajstić information content (AvgIpc) is 2.52. The summed E-state index contributed by atoms with van der Waals surface area (Å²) in [5, 5.41) is 9.91. The maximum absolute atomic E-state index is 9.91. The van der Waals surface area contributed by atoms with Crippen LogP contribution in [0.1, 0.15) is 18.6 Å². The number of hydrogen-bond acceptors (Lipinski definition) is 5. The number of anilines is 2. The number of benzene rings is 2. The van der Waals surface area contributed by atoms with Gasteiger partial charge in [0.2, 0.25) is 0 Å². The molecule has 0 saturated carbocycles. The van der Waals surface area contributed by atoms with Gasteiger partial charge in [-0.3, -0.25) is 0 Å². The van der Waals surface area contributed by atoms with Crippen LogP contribution in [0.15, 0.2) is 48.5 Å². The third-order valence-corrected chi connectivity index (χ3v) is 3.27. The van der Waals surface area contributed by atoms with Crippen LogP contribution in [0, 0.1) is 0 Å². The predicted molar refractivity (Wildman–Crippen MR) is 87.6 cm³/mol. The second-order valence-electron chi connectivity index (χ2n) is 5.18. The molecule has 0 heterocycles. The van der Waals surface area contributed by atoms with Gasteiger partial charge in [-0.25, -0.2) is 0 Å². The number of nitrogens with two attached hydrogens (primary N) is 2. The molecule has 0 aliphatic carbocycles. The maximum atomic E-state index is 9.91. The zero-order chi connectivity index (χ0) is 15.9. The molecule has 5 heteroatoms. The Hall–Kier alpha value is -2.24. The molecule has 0 amide bonds. The highest BCUT2D eigenvalue weighted by Gasteiger charge is 2.10. The third-order valence-electron chi connectivity index (χ3n) is 3.27. The summed E-state index contributed by atoms with van der Waals surface area (Å²) in [5.74, 6) is 0.667. The fourth-order valence-corrected chi connectivity index (χ4v) is 1.92. The Balaban J connectivity index is 1.73. The molecule has 0 aliphatic heterocycles. The molecule has 0 aliphatic rings. The number of rotatable bonds is 7. The Morgan fingerprint density at radius 2 is 1.45 bits per heavy atom. The normalized spacial score (nSPS) is 13.5. The fraction of sp³-hybridized carbons (Fsp3) is 0.294. The second-order valence-corrected chi connectivity index (χ2v) is 5.18. The summed E-state index contributed by atoms with van der Waals surface area (Å²) in [7, 11) is 0. The van der Waals surface area contributed by atoms with Crippen LogP contribution in [-0.4, -0.2) is 24.4 Å². The molecule has 0 bridgehead atoms. The number of nitrogen functional groups attached to an aromatic ring is 2. The maximum Gasteiger partial charge on any atom is 0.119 e. The standard InChI is InChI=1S/C17H22N2O3/c1-12(13-2-4-14(18)5-3-13)21-10-16(20)11-22-17-8-6-15(19)7-9-17/h2-9,12,16,20H,10-11,18-19H2,1H3. The van der Waals surface area contributed by atoms with Gasteiger partial charge < -0.3 is 26.0 Å². The van der Waals surface area contributed by atoms with E-state index >= 15 is 0 Å². The molecule has 118 valence electrons. The summed E-state index contributed by atoms with van der Waals surface area (Å²) < 4.78 is 11.1. The smallest absolute Gasteiger partial charge is 0.119 e. The molecule has 2 unspecified atom stereocenters. The number of aliphatic hydroxyl groups excluding tert-OH is 1. The Morgan fingerprint density at radius 3 is 2.05 bits per heavy atom. The molecular weight excluding hydrogens is 280 g/mol. The van der Waals surface area contributed by atoms with Gasteiger partial charge >= 0.3 is 0 Å². The van der Waals surface area contributed by atoms with Crippen molar-refractivity contribution in [1.29, 1.82) is 0 Å². The van der Waals surface area contributed by atoms with Crippen molar-refractivity contribution in [3.8, 4) is 5.75 Å². The van der Waals surface area contributed by atoms with Crippen molar-refractivity contribution in [3.63, 3.8) is 0 Å². The van der Waals surface area contributed by atoms with E-state index in [4.69, 9.17) is 20.9 Å². The van der Waals surface area contributed by atoms with Crippen LogP contribution in [-0.2, 0) is 4.74 Å². The molecule has 0 spiro atoms. The van der Waals surface area contributed by atoms with Gasteiger partial charge in [-0.1, -0.05) is 12.1 Å². The lowest BCUT2D eigenvalue weighted by Crippen LogP contribution is -2.24. The summed E-state index contributed by atoms with van der Waals surface area (Å²) in [4.78, 5) is 0. The molecular formula is C17H22N2O3. The van der Waals surface area contributed by atoms with E-state index < -0.39 is 6.10 Å². The lowest BCUT2D eigenvalue weighted by Gasteiger charge is -2.17. The van der Waals surface area contributed by atoms with Gasteiger partial charge in [0.05, 0.1) is 12.7 Å². The first-order chi connectivity index (χ1) is 10.5. The molecule has 2 aromatic rings. The highest BCUT2D eigenvalue weighted by Crippen LogP contribution is 2.18. The number of ether oxygens (including phenoxy) is 2. The first-order valence-electron chi connectivity index (χ1n) is 7.18. The van der Waals surface area contributed by atoms with E-state index in [-0.39, 0.29) is 19.3 Å². The Bertz CT molecular complexity index is 569. The molecule has 5 N–H and O–H groups in total. The second kappa shape index (κ2) is 7.68. The van der Waals surface area contributed by atoms with Gasteiger partial charge in [-0.15, -0.1) is 0 Å². The molecule has 0 saturated heterocycles. The van der Waals surface area contributed by atoms with E-state index in [9.17, 15) is 5.11 Å². The van der Waals surface area contributed by atoms with E-state index in [1.807, 2.05) is 31.2 Å². The number of aliphatic hydroxyl groups is 1. The highest BCUT2D eigenvalue weighted by molar-refractivity contribution is 5.41. The van der Waals surface area contributed by atoms with Gasteiger partial charge in [0.15, 0.2) is 0 Å². The van der Waals surface area contributed by atoms with Gasteiger partial charge in [0.1, 0.15) is 18.5 Å². The van der Waals surface area contributed by atoms with Crippen LogP contribution in [0.4, 0.5) is 11.4 Å². The Morgan fingerprint density at radius 1 is 0.909 bits per heavy atom. The lowest BCUT2D eigenvalue weighted by molar-refractivity contribution is -0.0193. The van der Waals surface area contributed by atoms with Crippen molar-refractivity contribution in [1.82, 2.24) is 0 Å². The molecule has 2 aromatic carbocycles. The van der Waals surface area contributed by atoms with Crippen LogP contribution in [0.5, 0.6) is 5.75 Å². The topological polar surface area (TPSA) is 90.7 Å². The van der Waals surface area contributed by atoms with E-state index in [0.29, 0.717) is 17.1 Å². The van der Waals surface area contributed by atoms with Crippen LogP contribution >= 0.6 is 0 Å².